The van der Waals surface area contributed by atoms with Gasteiger partial charge in [0.15, 0.2) is 0 Å². The van der Waals surface area contributed by atoms with Crippen LogP contribution in [0.25, 0.3) is 0 Å². The maximum atomic E-state index is 12.1. The molecule has 110 valence electrons. The van der Waals surface area contributed by atoms with Crippen molar-refractivity contribution in [2.75, 3.05) is 0 Å². The van der Waals surface area contributed by atoms with E-state index in [1.807, 2.05) is 19.1 Å². The summed E-state index contributed by atoms with van der Waals surface area (Å²) in [4.78, 5) is 16.1. The molecule has 21 heavy (non-hydrogen) atoms. The van der Waals surface area contributed by atoms with Crippen LogP contribution in [0, 0.1) is 0 Å². The van der Waals surface area contributed by atoms with Crippen molar-refractivity contribution in [2.24, 2.45) is 5.73 Å². The molecule has 2 aromatic rings. The average molecular weight is 285 g/mol. The quantitative estimate of drug-likeness (QED) is 0.777. The van der Waals surface area contributed by atoms with Crippen LogP contribution in [0.15, 0.2) is 48.8 Å². The van der Waals surface area contributed by atoms with Gasteiger partial charge in [0.2, 0.25) is 5.91 Å². The minimum absolute atomic E-state index is 0.142. The standard InChI is InChI=1S/C16H19N3O2/c1-11(13-3-2-8-18-10-13)19-16(21)15(17)9-12-4-6-14(20)7-5-12/h2-8,10-11,15,20H,9,17H2,1H3,(H,19,21)/t11-,15+/m0/s1. The lowest BCUT2D eigenvalue weighted by atomic mass is 10.0. The smallest absolute Gasteiger partial charge is 0.237 e. The first-order valence-electron chi connectivity index (χ1n) is 6.80. The number of phenols is 1. The SMILES string of the molecule is C[C@H](NC(=O)[C@H](N)Cc1ccc(O)cc1)c1cccnc1. The Labute approximate surface area is 123 Å². The summed E-state index contributed by atoms with van der Waals surface area (Å²) in [5, 5.41) is 12.1. The third-order valence-corrected chi connectivity index (χ3v) is 3.27. The van der Waals surface area contributed by atoms with Gasteiger partial charge in [-0.15, -0.1) is 0 Å². The van der Waals surface area contributed by atoms with E-state index in [2.05, 4.69) is 10.3 Å². The molecule has 0 unspecified atom stereocenters. The van der Waals surface area contributed by atoms with Gasteiger partial charge < -0.3 is 16.2 Å². The lowest BCUT2D eigenvalue weighted by molar-refractivity contribution is -0.123. The first kappa shape index (κ1) is 15.0. The number of carbonyl (C=O) groups excluding carboxylic acids is 1. The number of phenolic OH excluding ortho intramolecular Hbond substituents is 1. The van der Waals surface area contributed by atoms with Crippen LogP contribution in [-0.4, -0.2) is 22.0 Å². The van der Waals surface area contributed by atoms with Gasteiger partial charge in [-0.3, -0.25) is 9.78 Å². The molecule has 0 saturated carbocycles. The van der Waals surface area contributed by atoms with Crippen LogP contribution in [0.2, 0.25) is 0 Å². The van der Waals surface area contributed by atoms with Gasteiger partial charge in [-0.25, -0.2) is 0 Å². The van der Waals surface area contributed by atoms with Crippen molar-refractivity contribution < 1.29 is 9.90 Å². The van der Waals surface area contributed by atoms with Crippen molar-refractivity contribution >= 4 is 5.91 Å². The van der Waals surface area contributed by atoms with Crippen molar-refractivity contribution in [3.63, 3.8) is 0 Å². The predicted molar refractivity (Wildman–Crippen MR) is 80.6 cm³/mol. The van der Waals surface area contributed by atoms with Gasteiger partial charge in [-0.05, 0) is 42.7 Å². The Morgan fingerprint density at radius 1 is 1.33 bits per heavy atom. The number of rotatable bonds is 5. The van der Waals surface area contributed by atoms with E-state index in [0.29, 0.717) is 6.42 Å². The number of benzene rings is 1. The molecular formula is C16H19N3O2. The molecule has 0 aliphatic heterocycles. The Hall–Kier alpha value is -2.40. The molecule has 1 aromatic heterocycles. The van der Waals surface area contributed by atoms with Gasteiger partial charge in [-0.1, -0.05) is 18.2 Å². The van der Waals surface area contributed by atoms with E-state index in [9.17, 15) is 9.90 Å². The summed E-state index contributed by atoms with van der Waals surface area (Å²) in [6.45, 7) is 1.89. The maximum absolute atomic E-state index is 12.1. The zero-order chi connectivity index (χ0) is 15.2. The number of carbonyl (C=O) groups is 1. The Morgan fingerprint density at radius 2 is 2.05 bits per heavy atom. The van der Waals surface area contributed by atoms with Crippen molar-refractivity contribution in [1.82, 2.24) is 10.3 Å². The number of aromatic nitrogens is 1. The van der Waals surface area contributed by atoms with Crippen LogP contribution < -0.4 is 11.1 Å². The zero-order valence-electron chi connectivity index (χ0n) is 11.9. The van der Waals surface area contributed by atoms with Crippen molar-refractivity contribution in [2.45, 2.75) is 25.4 Å². The normalized spacial score (nSPS) is 13.4. The number of amides is 1. The molecule has 5 heteroatoms. The largest absolute Gasteiger partial charge is 0.508 e. The molecule has 0 spiro atoms. The second kappa shape index (κ2) is 6.85. The monoisotopic (exact) mass is 285 g/mol. The molecule has 0 radical (unpaired) electrons. The van der Waals surface area contributed by atoms with Crippen molar-refractivity contribution in [1.29, 1.82) is 0 Å². The Balaban J connectivity index is 1.92. The molecular weight excluding hydrogens is 266 g/mol. The number of nitrogens with one attached hydrogen (secondary N) is 1. The average Bonchev–Trinajstić information content (AvgIpc) is 2.50. The first-order valence-corrected chi connectivity index (χ1v) is 6.80. The van der Waals surface area contributed by atoms with E-state index in [0.717, 1.165) is 11.1 Å². The van der Waals surface area contributed by atoms with Crippen molar-refractivity contribution in [3.8, 4) is 5.75 Å². The number of nitrogens with two attached hydrogens (primary N) is 1. The van der Waals surface area contributed by atoms with Crippen LogP contribution in [0.4, 0.5) is 0 Å². The number of hydrogen-bond acceptors (Lipinski definition) is 4. The Kier molecular flexibility index (Phi) is 4.90. The first-order chi connectivity index (χ1) is 10.1. The Morgan fingerprint density at radius 3 is 2.67 bits per heavy atom. The van der Waals surface area contributed by atoms with Crippen LogP contribution in [-0.2, 0) is 11.2 Å². The highest BCUT2D eigenvalue weighted by atomic mass is 16.3. The van der Waals surface area contributed by atoms with E-state index in [1.165, 1.54) is 0 Å². The van der Waals surface area contributed by atoms with Gasteiger partial charge in [0.1, 0.15) is 5.75 Å². The highest BCUT2D eigenvalue weighted by Gasteiger charge is 2.17. The highest BCUT2D eigenvalue weighted by Crippen LogP contribution is 2.12. The van der Waals surface area contributed by atoms with Crippen LogP contribution >= 0.6 is 0 Å². The van der Waals surface area contributed by atoms with Crippen molar-refractivity contribution in [3.05, 3.63) is 59.9 Å². The van der Waals surface area contributed by atoms with E-state index in [4.69, 9.17) is 5.73 Å². The molecule has 2 rings (SSSR count). The molecule has 1 amide bonds. The number of hydrogen-bond donors (Lipinski definition) is 3. The van der Waals surface area contributed by atoms with E-state index >= 15 is 0 Å². The van der Waals surface area contributed by atoms with Crippen LogP contribution in [0.1, 0.15) is 24.1 Å². The minimum atomic E-state index is -0.631. The van der Waals surface area contributed by atoms with Gasteiger partial charge in [-0.2, -0.15) is 0 Å². The summed E-state index contributed by atoms with van der Waals surface area (Å²) < 4.78 is 0. The highest BCUT2D eigenvalue weighted by molar-refractivity contribution is 5.82. The molecule has 0 aliphatic carbocycles. The minimum Gasteiger partial charge on any atom is -0.508 e. The summed E-state index contributed by atoms with van der Waals surface area (Å²) in [7, 11) is 0. The second-order valence-electron chi connectivity index (χ2n) is 4.99. The Bertz CT molecular complexity index is 584. The molecule has 1 heterocycles. The van der Waals surface area contributed by atoms with Crippen LogP contribution in [0.3, 0.4) is 0 Å². The molecule has 0 saturated heterocycles. The summed E-state index contributed by atoms with van der Waals surface area (Å²) in [5.74, 6) is -0.0126. The van der Waals surface area contributed by atoms with Gasteiger partial charge in [0.25, 0.3) is 0 Å². The lowest BCUT2D eigenvalue weighted by Crippen LogP contribution is -2.42. The molecule has 4 N–H and O–H groups in total. The van der Waals surface area contributed by atoms with Gasteiger partial charge in [0.05, 0.1) is 12.1 Å². The summed E-state index contributed by atoms with van der Waals surface area (Å²) in [6.07, 6.45) is 3.83. The molecule has 2 atom stereocenters. The summed E-state index contributed by atoms with van der Waals surface area (Å²) >= 11 is 0. The fourth-order valence-corrected chi connectivity index (χ4v) is 2.01. The number of nitrogens with zero attached hydrogens (tertiary/aromatic N) is 1. The zero-order valence-corrected chi connectivity index (χ0v) is 11.9. The molecule has 0 aliphatic rings. The van der Waals surface area contributed by atoms with E-state index in [-0.39, 0.29) is 17.7 Å². The van der Waals surface area contributed by atoms with E-state index < -0.39 is 6.04 Å². The summed E-state index contributed by atoms with van der Waals surface area (Å²) in [5.41, 5.74) is 7.76. The van der Waals surface area contributed by atoms with Gasteiger partial charge in [0, 0.05) is 12.4 Å². The fraction of sp³-hybridized carbons (Fsp3) is 0.250. The third-order valence-electron chi connectivity index (χ3n) is 3.27. The van der Waals surface area contributed by atoms with E-state index in [1.54, 1.807) is 36.7 Å². The number of aromatic hydroxyl groups is 1. The predicted octanol–water partition coefficient (Wildman–Crippen LogP) is 1.53. The third kappa shape index (κ3) is 4.29. The van der Waals surface area contributed by atoms with Gasteiger partial charge >= 0.3 is 0 Å². The summed E-state index contributed by atoms with van der Waals surface area (Å²) in [6, 6.07) is 9.64. The second-order valence-corrected chi connectivity index (χ2v) is 4.99. The molecule has 0 fully saturated rings. The molecule has 0 bridgehead atoms. The maximum Gasteiger partial charge on any atom is 0.237 e. The fourth-order valence-electron chi connectivity index (χ4n) is 2.01. The number of pyridine rings is 1. The topological polar surface area (TPSA) is 88.2 Å². The van der Waals surface area contributed by atoms with Crippen LogP contribution in [0.5, 0.6) is 5.75 Å². The molecule has 1 aromatic carbocycles. The lowest BCUT2D eigenvalue weighted by Gasteiger charge is -2.17. The molecule has 5 nitrogen and oxygen atoms in total.